The second kappa shape index (κ2) is 16.3. The molecule has 0 radical (unpaired) electrons. The number of rotatable bonds is 10. The van der Waals surface area contributed by atoms with Crippen LogP contribution in [0.2, 0.25) is 0 Å². The molecular weight excluding hydrogens is 571 g/mol. The van der Waals surface area contributed by atoms with E-state index >= 15 is 0 Å². The van der Waals surface area contributed by atoms with Crippen LogP contribution in [0.4, 0.5) is 0 Å². The van der Waals surface area contributed by atoms with E-state index in [1.807, 2.05) is 65.8 Å². The van der Waals surface area contributed by atoms with Gasteiger partial charge in [0.1, 0.15) is 11.8 Å². The Morgan fingerprint density at radius 3 is 2.10 bits per heavy atom. The molecule has 1 N–H and O–H groups in total. The molecule has 1 aromatic carbocycles. The van der Waals surface area contributed by atoms with Gasteiger partial charge in [-0.05, 0) is 103 Å². The minimum atomic E-state index is -2.94. The van der Waals surface area contributed by atoms with Crippen molar-refractivity contribution in [1.82, 2.24) is 14.7 Å². The Labute approximate surface area is 255 Å². The average molecular weight is 618 g/mol. The van der Waals surface area contributed by atoms with E-state index in [1.165, 1.54) is 17.7 Å². The van der Waals surface area contributed by atoms with Crippen molar-refractivity contribution >= 4 is 38.4 Å². The molecule has 0 amide bonds. The largest absolute Gasteiger partial charge is 0.474 e. The van der Waals surface area contributed by atoms with Gasteiger partial charge in [-0.15, -0.1) is 11.3 Å². The Morgan fingerprint density at radius 1 is 0.929 bits per heavy atom. The molecule has 2 aliphatic rings. The van der Waals surface area contributed by atoms with Gasteiger partial charge in [-0.1, -0.05) is 32.0 Å². The lowest BCUT2D eigenvalue weighted by atomic mass is 10.2. The van der Waals surface area contributed by atoms with Gasteiger partial charge in [0.25, 0.3) is 0 Å². The molecule has 0 saturated heterocycles. The number of sulfonamides is 1. The zero-order valence-electron chi connectivity index (χ0n) is 25.8. The third-order valence-corrected chi connectivity index (χ3v) is 9.65. The van der Waals surface area contributed by atoms with Crippen molar-refractivity contribution in [2.45, 2.75) is 116 Å². The smallest absolute Gasteiger partial charge is 0.308 e. The molecule has 3 aromatic rings. The minimum absolute atomic E-state index is 0.0237. The minimum Gasteiger partial charge on any atom is -0.474 e. The number of para-hydroxylation sites is 2. The van der Waals surface area contributed by atoms with Crippen LogP contribution >= 0.6 is 11.3 Å². The van der Waals surface area contributed by atoms with Crippen LogP contribution in [0.5, 0.6) is 5.88 Å². The van der Waals surface area contributed by atoms with E-state index < -0.39 is 10.0 Å². The predicted molar refractivity (Wildman–Crippen MR) is 170 cm³/mol. The van der Waals surface area contributed by atoms with Crippen LogP contribution in [-0.2, 0) is 32.4 Å². The number of ether oxygens (including phenoxy) is 2. The zero-order valence-corrected chi connectivity index (χ0v) is 27.5. The molecule has 2 saturated carbocycles. The number of aryl methyl sites for hydroxylation is 2. The fourth-order valence-electron chi connectivity index (χ4n) is 4.31. The van der Waals surface area contributed by atoms with Gasteiger partial charge in [0.05, 0.1) is 28.3 Å². The summed E-state index contributed by atoms with van der Waals surface area (Å²) in [4.78, 5) is 21.8. The van der Waals surface area contributed by atoms with Crippen molar-refractivity contribution in [3.63, 3.8) is 0 Å². The fourth-order valence-corrected chi connectivity index (χ4v) is 6.62. The van der Waals surface area contributed by atoms with Crippen molar-refractivity contribution in [2.24, 2.45) is 5.92 Å². The SMILES string of the molecule is CC(C)C(=O)OC1CCCC1.CC(C)NS(=O)(=O)C1CC1.CC(C)Oc1nc2ccccc2nc1CCc1cccs1. The van der Waals surface area contributed by atoms with Gasteiger partial charge >= 0.3 is 5.97 Å². The highest BCUT2D eigenvalue weighted by atomic mass is 32.2. The zero-order chi connectivity index (χ0) is 30.7. The second-order valence-corrected chi connectivity index (χ2v) is 14.7. The summed E-state index contributed by atoms with van der Waals surface area (Å²) in [5.41, 5.74) is 2.75. The Hall–Kier alpha value is -2.56. The number of hydrogen-bond acceptors (Lipinski definition) is 8. The molecule has 2 heterocycles. The first-order valence-corrected chi connectivity index (χ1v) is 17.5. The number of carbonyl (C=O) groups is 1. The van der Waals surface area contributed by atoms with Crippen molar-refractivity contribution in [3.05, 3.63) is 52.3 Å². The van der Waals surface area contributed by atoms with Crippen LogP contribution in [0, 0.1) is 5.92 Å². The number of hydrogen-bond donors (Lipinski definition) is 1. The van der Waals surface area contributed by atoms with Crippen LogP contribution in [0.3, 0.4) is 0 Å². The monoisotopic (exact) mass is 617 g/mol. The van der Waals surface area contributed by atoms with E-state index in [9.17, 15) is 13.2 Å². The Bertz CT molecular complexity index is 1350. The van der Waals surface area contributed by atoms with Gasteiger partial charge in [0.2, 0.25) is 15.9 Å². The highest BCUT2D eigenvalue weighted by Gasteiger charge is 2.35. The number of nitrogens with one attached hydrogen (secondary N) is 1. The number of esters is 1. The first kappa shape index (κ1) is 33.9. The summed E-state index contributed by atoms with van der Waals surface area (Å²) in [6.07, 6.45) is 8.39. The number of fused-ring (bicyclic) bond motifs is 1. The van der Waals surface area contributed by atoms with Crippen LogP contribution in [0.1, 0.15) is 90.6 Å². The summed E-state index contributed by atoms with van der Waals surface area (Å²) < 4.78 is 35.8. The maximum Gasteiger partial charge on any atom is 0.308 e. The molecular formula is C32H47N3O5S2. The second-order valence-electron chi connectivity index (χ2n) is 11.7. The van der Waals surface area contributed by atoms with Crippen molar-refractivity contribution in [1.29, 1.82) is 0 Å². The van der Waals surface area contributed by atoms with Crippen LogP contribution in [0.25, 0.3) is 11.0 Å². The summed E-state index contributed by atoms with van der Waals surface area (Å²) in [5, 5.41) is 2.02. The van der Waals surface area contributed by atoms with E-state index in [0.29, 0.717) is 5.88 Å². The van der Waals surface area contributed by atoms with Crippen molar-refractivity contribution in [2.75, 3.05) is 0 Å². The maximum absolute atomic E-state index is 11.1. The lowest BCUT2D eigenvalue weighted by molar-refractivity contribution is -0.152. The van der Waals surface area contributed by atoms with Crippen LogP contribution in [0.15, 0.2) is 41.8 Å². The summed E-state index contributed by atoms with van der Waals surface area (Å²) in [6.45, 7) is 11.4. The lowest BCUT2D eigenvalue weighted by Gasteiger charge is -2.13. The van der Waals surface area contributed by atoms with Gasteiger partial charge in [-0.3, -0.25) is 4.79 Å². The highest BCUT2D eigenvalue weighted by molar-refractivity contribution is 7.90. The van der Waals surface area contributed by atoms with Gasteiger partial charge in [-0.2, -0.15) is 0 Å². The predicted octanol–water partition coefficient (Wildman–Crippen LogP) is 6.87. The first-order chi connectivity index (χ1) is 19.9. The Morgan fingerprint density at radius 2 is 1.57 bits per heavy atom. The van der Waals surface area contributed by atoms with E-state index in [1.54, 1.807) is 11.3 Å². The number of benzene rings is 1. The van der Waals surface area contributed by atoms with E-state index in [-0.39, 0.29) is 35.4 Å². The molecule has 8 nitrogen and oxygen atoms in total. The van der Waals surface area contributed by atoms with Gasteiger partial charge in [0, 0.05) is 10.9 Å². The molecule has 0 aliphatic heterocycles. The molecule has 0 atom stereocenters. The summed E-state index contributed by atoms with van der Waals surface area (Å²) in [6, 6.07) is 12.2. The highest BCUT2D eigenvalue weighted by Crippen LogP contribution is 2.27. The lowest BCUT2D eigenvalue weighted by Crippen LogP contribution is -2.32. The topological polar surface area (TPSA) is 107 Å². The molecule has 0 unspecified atom stereocenters. The normalized spacial score (nSPS) is 15.4. The van der Waals surface area contributed by atoms with Crippen molar-refractivity contribution in [3.8, 4) is 5.88 Å². The van der Waals surface area contributed by atoms with Gasteiger partial charge in [0.15, 0.2) is 0 Å². The maximum atomic E-state index is 11.1. The first-order valence-electron chi connectivity index (χ1n) is 15.1. The molecule has 2 fully saturated rings. The standard InChI is InChI=1S/C17H18N2OS.C9H16O2.C6H13NO2S/c1-12(2)20-17-16(10-9-13-6-5-11-21-13)18-14-7-3-4-8-15(14)19-17;1-7(2)9(10)11-8-5-3-4-6-8;1-5(2)7-10(8,9)6-3-4-6/h3-8,11-12H,9-10H2,1-2H3;7-8H,3-6H2,1-2H3;5-7H,3-4H2,1-2H3. The number of aromatic nitrogens is 2. The van der Waals surface area contributed by atoms with Crippen LogP contribution in [-0.4, -0.2) is 47.9 Å². The van der Waals surface area contributed by atoms with E-state index in [4.69, 9.17) is 14.5 Å². The van der Waals surface area contributed by atoms with E-state index in [0.717, 1.165) is 55.3 Å². The molecule has 232 valence electrons. The summed E-state index contributed by atoms with van der Waals surface area (Å²) in [5.74, 6) is 0.646. The molecule has 0 spiro atoms. The molecule has 2 aromatic heterocycles. The number of thiophene rings is 1. The third kappa shape index (κ3) is 11.6. The fraction of sp³-hybridized carbons (Fsp3) is 0.594. The van der Waals surface area contributed by atoms with Crippen LogP contribution < -0.4 is 9.46 Å². The molecule has 42 heavy (non-hydrogen) atoms. The molecule has 0 bridgehead atoms. The third-order valence-electron chi connectivity index (χ3n) is 6.56. The Balaban J connectivity index is 0.000000194. The summed E-state index contributed by atoms with van der Waals surface area (Å²) >= 11 is 1.78. The van der Waals surface area contributed by atoms with Crippen molar-refractivity contribution < 1.29 is 22.7 Å². The number of nitrogens with zero attached hydrogens (tertiary/aromatic N) is 2. The molecule has 2 aliphatic carbocycles. The quantitative estimate of drug-likeness (QED) is 0.247. The van der Waals surface area contributed by atoms with E-state index in [2.05, 4.69) is 27.2 Å². The van der Waals surface area contributed by atoms with Gasteiger partial charge in [-0.25, -0.2) is 23.1 Å². The Kier molecular flexibility index (Phi) is 13.2. The average Bonchev–Trinajstić information content (AvgIpc) is 3.44. The number of carbonyl (C=O) groups excluding carboxylic acids is 1. The molecule has 10 heteroatoms. The summed E-state index contributed by atoms with van der Waals surface area (Å²) in [7, 11) is -2.94. The molecule has 5 rings (SSSR count). The van der Waals surface area contributed by atoms with Gasteiger partial charge < -0.3 is 9.47 Å².